The Labute approximate surface area is 121 Å². The highest BCUT2D eigenvalue weighted by atomic mass is 16.5. The number of benzene rings is 1. The zero-order valence-electron chi connectivity index (χ0n) is 12.9. The van der Waals surface area contributed by atoms with Gasteiger partial charge in [0.05, 0.1) is 0 Å². The van der Waals surface area contributed by atoms with E-state index in [4.69, 9.17) is 4.74 Å². The molecule has 1 atom stereocenters. The number of amides is 1. The van der Waals surface area contributed by atoms with Crippen LogP contribution in [-0.4, -0.2) is 24.6 Å². The van der Waals surface area contributed by atoms with Crippen molar-refractivity contribution in [3.05, 3.63) is 29.8 Å². The van der Waals surface area contributed by atoms with Crippen molar-refractivity contribution in [2.45, 2.75) is 52.8 Å². The lowest BCUT2D eigenvalue weighted by atomic mass is 10.2. The van der Waals surface area contributed by atoms with Gasteiger partial charge in [0.15, 0.2) is 6.10 Å². The normalized spacial score (nSPS) is 12.2. The molecule has 0 fully saturated rings. The average molecular weight is 278 g/mol. The molecule has 4 heteroatoms. The molecule has 1 rings (SSSR count). The molecule has 2 N–H and O–H groups in total. The Morgan fingerprint density at radius 1 is 1.20 bits per heavy atom. The van der Waals surface area contributed by atoms with Crippen LogP contribution in [-0.2, 0) is 11.3 Å². The van der Waals surface area contributed by atoms with Crippen molar-refractivity contribution < 1.29 is 9.53 Å². The van der Waals surface area contributed by atoms with Crippen LogP contribution in [0.4, 0.5) is 0 Å². The second-order valence-corrected chi connectivity index (χ2v) is 5.24. The lowest BCUT2D eigenvalue weighted by Gasteiger charge is -2.16. The van der Waals surface area contributed by atoms with Crippen LogP contribution in [0.1, 0.15) is 39.7 Å². The van der Waals surface area contributed by atoms with Gasteiger partial charge in [-0.2, -0.15) is 0 Å². The van der Waals surface area contributed by atoms with E-state index >= 15 is 0 Å². The highest BCUT2D eigenvalue weighted by Gasteiger charge is 2.15. The maximum atomic E-state index is 11.8. The molecule has 0 aliphatic rings. The number of nitrogens with one attached hydrogen (secondary N) is 2. The third-order valence-electron chi connectivity index (χ3n) is 2.79. The Hall–Kier alpha value is -1.55. The van der Waals surface area contributed by atoms with E-state index in [1.54, 1.807) is 6.92 Å². The predicted octanol–water partition coefficient (Wildman–Crippen LogP) is 2.48. The third-order valence-corrected chi connectivity index (χ3v) is 2.79. The maximum absolute atomic E-state index is 11.8. The van der Waals surface area contributed by atoms with Gasteiger partial charge < -0.3 is 15.4 Å². The molecule has 1 amide bonds. The molecule has 0 saturated heterocycles. The van der Waals surface area contributed by atoms with E-state index in [9.17, 15) is 4.79 Å². The van der Waals surface area contributed by atoms with Gasteiger partial charge in [-0.05, 0) is 51.4 Å². The number of hydrogen-bond acceptors (Lipinski definition) is 3. The number of rotatable bonds is 8. The Kier molecular flexibility index (Phi) is 7.09. The molecule has 4 nitrogen and oxygen atoms in total. The van der Waals surface area contributed by atoms with Crippen molar-refractivity contribution >= 4 is 5.91 Å². The summed E-state index contributed by atoms with van der Waals surface area (Å²) in [6, 6.07) is 7.97. The van der Waals surface area contributed by atoms with Crippen molar-refractivity contribution in [1.82, 2.24) is 10.6 Å². The van der Waals surface area contributed by atoms with Crippen molar-refractivity contribution in [1.29, 1.82) is 0 Å². The summed E-state index contributed by atoms with van der Waals surface area (Å²) in [5, 5.41) is 6.18. The standard InChI is InChI=1S/C16H26N2O2/c1-5-10-17-11-14-6-8-15(9-7-14)20-13(4)16(19)18-12(2)3/h6-9,12-13,17H,5,10-11H2,1-4H3,(H,18,19). The first-order valence-corrected chi connectivity index (χ1v) is 7.29. The molecule has 0 spiro atoms. The van der Waals surface area contributed by atoms with Crippen molar-refractivity contribution in [2.24, 2.45) is 0 Å². The van der Waals surface area contributed by atoms with Gasteiger partial charge >= 0.3 is 0 Å². The van der Waals surface area contributed by atoms with Crippen LogP contribution < -0.4 is 15.4 Å². The second kappa shape index (κ2) is 8.59. The van der Waals surface area contributed by atoms with Crippen LogP contribution in [0, 0.1) is 0 Å². The van der Waals surface area contributed by atoms with Crippen LogP contribution in [0.5, 0.6) is 5.75 Å². The average Bonchev–Trinajstić information content (AvgIpc) is 2.40. The molecule has 0 bridgehead atoms. The molecular weight excluding hydrogens is 252 g/mol. The van der Waals surface area contributed by atoms with Crippen LogP contribution in [0.2, 0.25) is 0 Å². The second-order valence-electron chi connectivity index (χ2n) is 5.24. The van der Waals surface area contributed by atoms with E-state index in [1.807, 2.05) is 38.1 Å². The topological polar surface area (TPSA) is 50.4 Å². The molecule has 0 heterocycles. The van der Waals surface area contributed by atoms with E-state index in [0.717, 1.165) is 25.3 Å². The quantitative estimate of drug-likeness (QED) is 0.718. The van der Waals surface area contributed by atoms with E-state index in [0.29, 0.717) is 0 Å². The summed E-state index contributed by atoms with van der Waals surface area (Å²) in [4.78, 5) is 11.8. The molecule has 0 aromatic heterocycles. The molecule has 20 heavy (non-hydrogen) atoms. The van der Waals surface area contributed by atoms with Gasteiger partial charge in [-0.25, -0.2) is 0 Å². The fraction of sp³-hybridized carbons (Fsp3) is 0.562. The van der Waals surface area contributed by atoms with Crippen LogP contribution >= 0.6 is 0 Å². The third kappa shape index (κ3) is 6.06. The zero-order valence-corrected chi connectivity index (χ0v) is 12.9. The Balaban J connectivity index is 2.46. The van der Waals surface area contributed by atoms with E-state index in [2.05, 4.69) is 17.6 Å². The summed E-state index contributed by atoms with van der Waals surface area (Å²) in [5.41, 5.74) is 1.21. The van der Waals surface area contributed by atoms with Crippen LogP contribution in [0.15, 0.2) is 24.3 Å². The minimum Gasteiger partial charge on any atom is -0.481 e. The zero-order chi connectivity index (χ0) is 15.0. The monoisotopic (exact) mass is 278 g/mol. The fourth-order valence-corrected chi connectivity index (χ4v) is 1.75. The fourth-order valence-electron chi connectivity index (χ4n) is 1.75. The number of carbonyl (C=O) groups is 1. The molecule has 1 unspecified atom stereocenters. The Morgan fingerprint density at radius 3 is 2.40 bits per heavy atom. The van der Waals surface area contributed by atoms with Crippen molar-refractivity contribution in [2.75, 3.05) is 6.54 Å². The highest BCUT2D eigenvalue weighted by Crippen LogP contribution is 2.14. The number of ether oxygens (including phenoxy) is 1. The highest BCUT2D eigenvalue weighted by molar-refractivity contribution is 5.80. The largest absolute Gasteiger partial charge is 0.481 e. The minimum absolute atomic E-state index is 0.0892. The first kappa shape index (κ1) is 16.5. The molecule has 0 radical (unpaired) electrons. The predicted molar refractivity (Wildman–Crippen MR) is 81.8 cm³/mol. The summed E-state index contributed by atoms with van der Waals surface area (Å²) in [7, 11) is 0. The maximum Gasteiger partial charge on any atom is 0.260 e. The first-order valence-electron chi connectivity index (χ1n) is 7.29. The molecule has 1 aromatic rings. The summed E-state index contributed by atoms with van der Waals surface area (Å²) in [6.07, 6.45) is 0.644. The first-order chi connectivity index (χ1) is 9.52. The number of hydrogen-bond donors (Lipinski definition) is 2. The Bertz CT molecular complexity index is 401. The van der Waals surface area contributed by atoms with Gasteiger partial charge in [-0.15, -0.1) is 0 Å². The van der Waals surface area contributed by atoms with Crippen LogP contribution in [0.25, 0.3) is 0 Å². The molecule has 0 aliphatic carbocycles. The Morgan fingerprint density at radius 2 is 1.85 bits per heavy atom. The smallest absolute Gasteiger partial charge is 0.260 e. The van der Waals surface area contributed by atoms with Gasteiger partial charge in [0.1, 0.15) is 5.75 Å². The van der Waals surface area contributed by atoms with E-state index in [1.165, 1.54) is 5.56 Å². The van der Waals surface area contributed by atoms with E-state index < -0.39 is 6.10 Å². The molecule has 0 aliphatic heterocycles. The summed E-state index contributed by atoms with van der Waals surface area (Å²) >= 11 is 0. The molecular formula is C16H26N2O2. The SMILES string of the molecule is CCCNCc1ccc(OC(C)C(=O)NC(C)C)cc1. The van der Waals surface area contributed by atoms with Gasteiger partial charge in [0.25, 0.3) is 5.91 Å². The summed E-state index contributed by atoms with van der Waals surface area (Å²) in [5.74, 6) is 0.629. The van der Waals surface area contributed by atoms with E-state index in [-0.39, 0.29) is 11.9 Å². The van der Waals surface area contributed by atoms with Crippen molar-refractivity contribution in [3.63, 3.8) is 0 Å². The molecule has 0 saturated carbocycles. The van der Waals surface area contributed by atoms with Gasteiger partial charge in [-0.3, -0.25) is 4.79 Å². The number of carbonyl (C=O) groups excluding carboxylic acids is 1. The minimum atomic E-state index is -0.485. The summed E-state index contributed by atoms with van der Waals surface area (Å²) < 4.78 is 5.63. The van der Waals surface area contributed by atoms with Gasteiger partial charge in [0.2, 0.25) is 0 Å². The van der Waals surface area contributed by atoms with Gasteiger partial charge in [-0.1, -0.05) is 19.1 Å². The van der Waals surface area contributed by atoms with Crippen molar-refractivity contribution in [3.8, 4) is 5.75 Å². The molecule has 1 aromatic carbocycles. The lowest BCUT2D eigenvalue weighted by molar-refractivity contribution is -0.127. The summed E-state index contributed by atoms with van der Waals surface area (Å²) in [6.45, 7) is 9.65. The molecule has 112 valence electrons. The van der Waals surface area contributed by atoms with Crippen LogP contribution in [0.3, 0.4) is 0 Å². The van der Waals surface area contributed by atoms with Gasteiger partial charge in [0, 0.05) is 12.6 Å². The lowest BCUT2D eigenvalue weighted by Crippen LogP contribution is -2.40.